The van der Waals surface area contributed by atoms with Crippen LogP contribution in [0.1, 0.15) is 25.8 Å². The molecule has 0 aliphatic rings. The Morgan fingerprint density at radius 1 is 0.617 bits per heavy atom. The van der Waals surface area contributed by atoms with E-state index in [0.29, 0.717) is 6.04 Å². The van der Waals surface area contributed by atoms with E-state index < -0.39 is 0 Å². The first-order chi connectivity index (χ1) is 23.1. The summed E-state index contributed by atoms with van der Waals surface area (Å²) in [5, 5.41) is 19.0. The van der Waals surface area contributed by atoms with Gasteiger partial charge in [0.15, 0.2) is 5.00 Å². The van der Waals surface area contributed by atoms with E-state index in [9.17, 15) is 0 Å². The van der Waals surface area contributed by atoms with Gasteiger partial charge in [-0.05, 0) is 92.0 Å². The standard InChI is InChI=1S/C38H36N8S/c1-4-25(3)39-33-19-20-35(28-12-6-5-11-27(28)33)43-44-36-22-21-34(29-13-7-8-14-30(29)36)42-40-26-17-18-32(24(2)23-26)41-45-38-31-15-9-10-16-37(31)46-47-38/h5-23,25,39-40,42-44H,4H2,1-3H3. The van der Waals surface area contributed by atoms with Crippen molar-refractivity contribution in [1.29, 1.82) is 0 Å². The number of hydrazine groups is 2. The maximum Gasteiger partial charge on any atom is 0.166 e. The van der Waals surface area contributed by atoms with Gasteiger partial charge in [0.25, 0.3) is 0 Å². The Bertz CT molecular complexity index is 2220. The van der Waals surface area contributed by atoms with Crippen molar-refractivity contribution < 1.29 is 0 Å². The molecule has 7 aromatic rings. The molecule has 0 amide bonds. The van der Waals surface area contributed by atoms with Gasteiger partial charge in [-0.25, -0.2) is 0 Å². The molecule has 0 aliphatic carbocycles. The van der Waals surface area contributed by atoms with Gasteiger partial charge < -0.3 is 27.0 Å². The second-order valence-corrected chi connectivity index (χ2v) is 12.3. The predicted molar refractivity (Wildman–Crippen MR) is 201 cm³/mol. The maximum atomic E-state index is 4.51. The fourth-order valence-corrected chi connectivity index (χ4v) is 6.28. The summed E-state index contributed by atoms with van der Waals surface area (Å²) in [5.74, 6) is 0. The van der Waals surface area contributed by atoms with Crippen molar-refractivity contribution >= 4 is 83.1 Å². The van der Waals surface area contributed by atoms with Crippen LogP contribution in [0.4, 0.5) is 39.1 Å². The Kier molecular flexibility index (Phi) is 8.53. The number of aryl methyl sites for hydroxylation is 1. The molecule has 1 heterocycles. The highest BCUT2D eigenvalue weighted by Crippen LogP contribution is 2.35. The number of nitrogens with one attached hydrogen (secondary N) is 5. The highest BCUT2D eigenvalue weighted by molar-refractivity contribution is 7.11. The fraction of sp³-hybridized carbons (Fsp3) is 0.132. The number of hydrogen-bond donors (Lipinski definition) is 5. The van der Waals surface area contributed by atoms with E-state index in [4.69, 9.17) is 0 Å². The summed E-state index contributed by atoms with van der Waals surface area (Å²) in [6.45, 7) is 6.44. The van der Waals surface area contributed by atoms with E-state index >= 15 is 0 Å². The van der Waals surface area contributed by atoms with Gasteiger partial charge in [-0.15, -0.1) is 10.2 Å². The third-order valence-electron chi connectivity index (χ3n) is 8.35. The Balaban J connectivity index is 1.06. The molecule has 0 spiro atoms. The average Bonchev–Trinajstić information content (AvgIpc) is 3.53. The molecule has 0 saturated heterocycles. The minimum Gasteiger partial charge on any atom is -0.382 e. The first kappa shape index (κ1) is 30.0. The summed E-state index contributed by atoms with van der Waals surface area (Å²) in [6, 6.07) is 39.7. The van der Waals surface area contributed by atoms with Gasteiger partial charge in [0, 0.05) is 38.7 Å². The van der Waals surface area contributed by atoms with Crippen LogP contribution in [0.5, 0.6) is 0 Å². The molecule has 1 unspecified atom stereocenters. The van der Waals surface area contributed by atoms with Crippen LogP contribution < -0.4 is 27.0 Å². The first-order valence-electron chi connectivity index (χ1n) is 15.8. The van der Waals surface area contributed by atoms with Gasteiger partial charge in [-0.1, -0.05) is 67.6 Å². The van der Waals surface area contributed by atoms with Gasteiger partial charge in [0.05, 0.1) is 34.0 Å². The molecule has 1 aromatic heterocycles. The molecule has 234 valence electrons. The van der Waals surface area contributed by atoms with Crippen molar-refractivity contribution in [3.8, 4) is 0 Å². The van der Waals surface area contributed by atoms with Crippen LogP contribution in [0.15, 0.2) is 125 Å². The van der Waals surface area contributed by atoms with E-state index in [1.54, 1.807) is 0 Å². The van der Waals surface area contributed by atoms with Gasteiger partial charge in [0.2, 0.25) is 0 Å². The van der Waals surface area contributed by atoms with Gasteiger partial charge in [-0.2, -0.15) is 4.37 Å². The molecule has 47 heavy (non-hydrogen) atoms. The molecule has 9 heteroatoms. The number of rotatable bonds is 11. The molecule has 7 rings (SSSR count). The summed E-state index contributed by atoms with van der Waals surface area (Å²) in [7, 11) is 0. The summed E-state index contributed by atoms with van der Waals surface area (Å²) >= 11 is 1.36. The van der Waals surface area contributed by atoms with Gasteiger partial charge in [-0.3, -0.25) is 0 Å². The van der Waals surface area contributed by atoms with Crippen LogP contribution >= 0.6 is 11.5 Å². The van der Waals surface area contributed by atoms with Crippen LogP contribution in [0.3, 0.4) is 0 Å². The van der Waals surface area contributed by atoms with Crippen LogP contribution in [-0.4, -0.2) is 10.4 Å². The third-order valence-corrected chi connectivity index (χ3v) is 9.11. The number of anilines is 5. The number of hydrogen-bond acceptors (Lipinski definition) is 9. The highest BCUT2D eigenvalue weighted by Gasteiger charge is 2.10. The maximum absolute atomic E-state index is 4.51. The molecule has 8 nitrogen and oxygen atoms in total. The summed E-state index contributed by atoms with van der Waals surface area (Å²) < 4.78 is 4.46. The van der Waals surface area contributed by atoms with Crippen molar-refractivity contribution in [2.24, 2.45) is 10.2 Å². The number of azo groups is 1. The monoisotopic (exact) mass is 636 g/mol. The van der Waals surface area contributed by atoms with Crippen molar-refractivity contribution in [1.82, 2.24) is 4.37 Å². The molecule has 0 bridgehead atoms. The van der Waals surface area contributed by atoms with Crippen LogP contribution in [0.2, 0.25) is 0 Å². The Morgan fingerprint density at radius 2 is 1.15 bits per heavy atom. The Labute approximate surface area is 278 Å². The van der Waals surface area contributed by atoms with Crippen molar-refractivity contribution in [2.75, 3.05) is 27.0 Å². The molecule has 0 fully saturated rings. The minimum atomic E-state index is 0.402. The number of fused-ring (bicyclic) bond motifs is 3. The number of nitrogens with zero attached hydrogens (tertiary/aromatic N) is 3. The fourth-order valence-electron chi connectivity index (χ4n) is 5.59. The molecular formula is C38H36N8S. The zero-order chi connectivity index (χ0) is 32.2. The predicted octanol–water partition coefficient (Wildman–Crippen LogP) is 11.4. The first-order valence-corrected chi connectivity index (χ1v) is 16.6. The molecule has 0 aliphatic heterocycles. The van der Waals surface area contributed by atoms with Crippen molar-refractivity contribution in [2.45, 2.75) is 33.2 Å². The number of benzene rings is 6. The Hall–Kier alpha value is -5.67. The van der Waals surface area contributed by atoms with Crippen LogP contribution in [-0.2, 0) is 0 Å². The summed E-state index contributed by atoms with van der Waals surface area (Å²) in [4.78, 5) is 0. The Morgan fingerprint density at radius 3 is 1.74 bits per heavy atom. The molecule has 0 radical (unpaired) electrons. The molecule has 0 saturated carbocycles. The zero-order valence-corrected chi connectivity index (χ0v) is 27.3. The quantitative estimate of drug-likeness (QED) is 0.0716. The van der Waals surface area contributed by atoms with E-state index in [-0.39, 0.29) is 0 Å². The normalized spacial score (nSPS) is 12.1. The number of aromatic nitrogens is 1. The lowest BCUT2D eigenvalue weighted by Crippen LogP contribution is -2.14. The molecule has 6 aromatic carbocycles. The van der Waals surface area contributed by atoms with E-state index in [2.05, 4.69) is 134 Å². The smallest absolute Gasteiger partial charge is 0.166 e. The lowest BCUT2D eigenvalue weighted by atomic mass is 10.1. The van der Waals surface area contributed by atoms with Crippen LogP contribution in [0.25, 0.3) is 32.4 Å². The van der Waals surface area contributed by atoms with E-state index in [1.807, 2.05) is 43.3 Å². The van der Waals surface area contributed by atoms with Crippen molar-refractivity contribution in [3.05, 3.63) is 121 Å². The van der Waals surface area contributed by atoms with E-state index in [1.165, 1.54) is 16.9 Å². The summed E-state index contributed by atoms with van der Waals surface area (Å²) in [6.07, 6.45) is 1.06. The summed E-state index contributed by atoms with van der Waals surface area (Å²) in [5.41, 5.74) is 21.5. The van der Waals surface area contributed by atoms with Crippen LogP contribution in [0, 0.1) is 6.92 Å². The van der Waals surface area contributed by atoms with Gasteiger partial charge in [0.1, 0.15) is 0 Å². The van der Waals surface area contributed by atoms with E-state index in [0.717, 1.165) is 78.2 Å². The molecular weight excluding hydrogens is 601 g/mol. The molecule has 1 atom stereocenters. The lowest BCUT2D eigenvalue weighted by Gasteiger charge is -2.19. The highest BCUT2D eigenvalue weighted by atomic mass is 32.1. The largest absolute Gasteiger partial charge is 0.382 e. The average molecular weight is 637 g/mol. The zero-order valence-electron chi connectivity index (χ0n) is 26.5. The second kappa shape index (κ2) is 13.4. The van der Waals surface area contributed by atoms with Gasteiger partial charge >= 0.3 is 0 Å². The van der Waals surface area contributed by atoms with Crippen molar-refractivity contribution in [3.63, 3.8) is 0 Å². The third kappa shape index (κ3) is 6.39. The SMILES string of the molecule is CCC(C)Nc1ccc(NNc2ccc(NNc3ccc(N=Nc4snc5ccccc45)c(C)c3)c3ccccc23)c2ccccc12. The lowest BCUT2D eigenvalue weighted by molar-refractivity contribution is 0.765. The topological polar surface area (TPSA) is 97.8 Å². The molecule has 5 N–H and O–H groups in total. The second-order valence-electron chi connectivity index (χ2n) is 11.6. The minimum absolute atomic E-state index is 0.402.